The van der Waals surface area contributed by atoms with Crippen molar-refractivity contribution in [3.8, 4) is 0 Å². The third kappa shape index (κ3) is 7.52. The molecule has 0 rings (SSSR count). The molecule has 0 spiro atoms. The van der Waals surface area contributed by atoms with Gasteiger partial charge in [-0.25, -0.2) is 13.1 Å². The standard InChI is InChI=1S/C13H28N2O3S/c1-5-8-10-15(11-9-6-2)13(16)12(4)14-19(17,18)7-3/h12,14H,5-11H2,1-4H3. The highest BCUT2D eigenvalue weighted by atomic mass is 32.2. The van der Waals surface area contributed by atoms with Gasteiger partial charge in [0.25, 0.3) is 0 Å². The zero-order valence-corrected chi connectivity index (χ0v) is 13.4. The molecule has 5 nitrogen and oxygen atoms in total. The van der Waals surface area contributed by atoms with Crippen molar-refractivity contribution in [3.05, 3.63) is 0 Å². The van der Waals surface area contributed by atoms with Gasteiger partial charge in [0.1, 0.15) is 0 Å². The summed E-state index contributed by atoms with van der Waals surface area (Å²) >= 11 is 0. The Balaban J connectivity index is 4.58. The number of carbonyl (C=O) groups is 1. The number of nitrogens with one attached hydrogen (secondary N) is 1. The average Bonchev–Trinajstić information content (AvgIpc) is 2.37. The van der Waals surface area contributed by atoms with E-state index in [-0.39, 0.29) is 11.7 Å². The second kappa shape index (κ2) is 9.31. The average molecular weight is 292 g/mol. The van der Waals surface area contributed by atoms with Crippen LogP contribution in [0.4, 0.5) is 0 Å². The number of sulfonamides is 1. The summed E-state index contributed by atoms with van der Waals surface area (Å²) in [6.45, 7) is 8.73. The van der Waals surface area contributed by atoms with E-state index in [0.29, 0.717) is 13.1 Å². The molecule has 1 N–H and O–H groups in total. The predicted octanol–water partition coefficient (Wildman–Crippen LogP) is 1.74. The van der Waals surface area contributed by atoms with Crippen molar-refractivity contribution in [2.24, 2.45) is 0 Å². The van der Waals surface area contributed by atoms with Gasteiger partial charge in [-0.3, -0.25) is 4.79 Å². The van der Waals surface area contributed by atoms with Crippen LogP contribution in [-0.2, 0) is 14.8 Å². The molecule has 114 valence electrons. The lowest BCUT2D eigenvalue weighted by Crippen LogP contribution is -2.47. The first-order valence-electron chi connectivity index (χ1n) is 7.16. The topological polar surface area (TPSA) is 66.5 Å². The number of amides is 1. The molecule has 0 aliphatic heterocycles. The summed E-state index contributed by atoms with van der Waals surface area (Å²) in [6, 6.07) is -0.682. The van der Waals surface area contributed by atoms with Crippen LogP contribution in [0.15, 0.2) is 0 Å². The van der Waals surface area contributed by atoms with Crippen molar-refractivity contribution in [1.29, 1.82) is 0 Å². The van der Waals surface area contributed by atoms with Gasteiger partial charge in [0.15, 0.2) is 0 Å². The molecule has 0 saturated heterocycles. The molecule has 0 heterocycles. The van der Waals surface area contributed by atoms with Crippen LogP contribution in [0, 0.1) is 0 Å². The van der Waals surface area contributed by atoms with E-state index < -0.39 is 16.1 Å². The third-order valence-electron chi connectivity index (χ3n) is 2.98. The Kier molecular flexibility index (Phi) is 9.01. The fraction of sp³-hybridized carbons (Fsp3) is 0.923. The summed E-state index contributed by atoms with van der Waals surface area (Å²) < 4.78 is 25.4. The van der Waals surface area contributed by atoms with Crippen molar-refractivity contribution in [1.82, 2.24) is 9.62 Å². The molecular formula is C13H28N2O3S. The Hall–Kier alpha value is -0.620. The molecule has 1 unspecified atom stereocenters. The number of carbonyl (C=O) groups excluding carboxylic acids is 1. The SMILES string of the molecule is CCCCN(CCCC)C(=O)C(C)NS(=O)(=O)CC. The van der Waals surface area contributed by atoms with E-state index in [1.165, 1.54) is 0 Å². The lowest BCUT2D eigenvalue weighted by Gasteiger charge is -2.26. The highest BCUT2D eigenvalue weighted by molar-refractivity contribution is 7.89. The minimum absolute atomic E-state index is 0.00542. The van der Waals surface area contributed by atoms with Crippen molar-refractivity contribution in [3.63, 3.8) is 0 Å². The number of unbranched alkanes of at least 4 members (excludes halogenated alkanes) is 2. The maximum Gasteiger partial charge on any atom is 0.240 e. The molecule has 0 radical (unpaired) electrons. The molecule has 0 aromatic rings. The zero-order valence-electron chi connectivity index (χ0n) is 12.6. The van der Waals surface area contributed by atoms with Crippen LogP contribution in [0.5, 0.6) is 0 Å². The monoisotopic (exact) mass is 292 g/mol. The van der Waals surface area contributed by atoms with Crippen LogP contribution in [0.2, 0.25) is 0 Å². The van der Waals surface area contributed by atoms with E-state index in [9.17, 15) is 13.2 Å². The zero-order chi connectivity index (χ0) is 14.9. The van der Waals surface area contributed by atoms with Gasteiger partial charge < -0.3 is 4.90 Å². The molecule has 0 aromatic carbocycles. The van der Waals surface area contributed by atoms with E-state index in [0.717, 1.165) is 25.7 Å². The second-order valence-corrected chi connectivity index (χ2v) is 6.82. The van der Waals surface area contributed by atoms with Gasteiger partial charge in [0.05, 0.1) is 11.8 Å². The van der Waals surface area contributed by atoms with Crippen LogP contribution in [0.25, 0.3) is 0 Å². The van der Waals surface area contributed by atoms with Crippen LogP contribution in [0.1, 0.15) is 53.4 Å². The van der Waals surface area contributed by atoms with Gasteiger partial charge >= 0.3 is 0 Å². The van der Waals surface area contributed by atoms with E-state index >= 15 is 0 Å². The summed E-state index contributed by atoms with van der Waals surface area (Å²) in [7, 11) is -3.34. The molecular weight excluding hydrogens is 264 g/mol. The Morgan fingerprint density at radius 2 is 1.58 bits per heavy atom. The molecule has 0 aliphatic rings. The van der Waals surface area contributed by atoms with E-state index in [2.05, 4.69) is 18.6 Å². The summed E-state index contributed by atoms with van der Waals surface area (Å²) in [5, 5.41) is 0. The van der Waals surface area contributed by atoms with Gasteiger partial charge in [-0.05, 0) is 26.7 Å². The number of hydrogen-bond donors (Lipinski definition) is 1. The molecule has 1 atom stereocenters. The third-order valence-corrected chi connectivity index (χ3v) is 4.45. The Labute approximate surface area is 117 Å². The number of rotatable bonds is 10. The van der Waals surface area contributed by atoms with E-state index in [1.807, 2.05) is 0 Å². The van der Waals surface area contributed by atoms with Crippen molar-refractivity contribution in [2.45, 2.75) is 59.4 Å². The van der Waals surface area contributed by atoms with Gasteiger partial charge in [0, 0.05) is 13.1 Å². The molecule has 0 aliphatic carbocycles. The largest absolute Gasteiger partial charge is 0.341 e. The minimum Gasteiger partial charge on any atom is -0.341 e. The lowest BCUT2D eigenvalue weighted by atomic mass is 10.2. The van der Waals surface area contributed by atoms with Crippen molar-refractivity contribution < 1.29 is 13.2 Å². The Morgan fingerprint density at radius 3 is 1.95 bits per heavy atom. The van der Waals surface area contributed by atoms with Gasteiger partial charge in [0.2, 0.25) is 15.9 Å². The molecule has 0 saturated carbocycles. The van der Waals surface area contributed by atoms with Crippen LogP contribution >= 0.6 is 0 Å². The van der Waals surface area contributed by atoms with E-state index in [4.69, 9.17) is 0 Å². The number of nitrogens with zero attached hydrogens (tertiary/aromatic N) is 1. The van der Waals surface area contributed by atoms with Crippen molar-refractivity contribution >= 4 is 15.9 Å². The summed E-state index contributed by atoms with van der Waals surface area (Å²) in [4.78, 5) is 14.0. The lowest BCUT2D eigenvalue weighted by molar-refractivity contribution is -0.132. The summed E-state index contributed by atoms with van der Waals surface area (Å²) in [5.41, 5.74) is 0. The van der Waals surface area contributed by atoms with Crippen molar-refractivity contribution in [2.75, 3.05) is 18.8 Å². The minimum atomic E-state index is -3.34. The maximum absolute atomic E-state index is 12.2. The first kappa shape index (κ1) is 18.4. The highest BCUT2D eigenvalue weighted by Crippen LogP contribution is 2.03. The quantitative estimate of drug-likeness (QED) is 0.667. The van der Waals surface area contributed by atoms with Gasteiger partial charge in [-0.15, -0.1) is 0 Å². The van der Waals surface area contributed by atoms with Crippen LogP contribution in [0.3, 0.4) is 0 Å². The summed E-state index contributed by atoms with van der Waals surface area (Å²) in [6.07, 6.45) is 3.93. The highest BCUT2D eigenvalue weighted by Gasteiger charge is 2.23. The van der Waals surface area contributed by atoms with E-state index in [1.54, 1.807) is 18.7 Å². The summed E-state index contributed by atoms with van der Waals surface area (Å²) in [5.74, 6) is -0.131. The fourth-order valence-electron chi connectivity index (χ4n) is 1.71. The maximum atomic E-state index is 12.2. The molecule has 0 bridgehead atoms. The smallest absolute Gasteiger partial charge is 0.240 e. The molecule has 19 heavy (non-hydrogen) atoms. The van der Waals surface area contributed by atoms with Gasteiger partial charge in [-0.2, -0.15) is 0 Å². The van der Waals surface area contributed by atoms with Crippen LogP contribution in [-0.4, -0.2) is 44.1 Å². The molecule has 1 amide bonds. The first-order valence-corrected chi connectivity index (χ1v) is 8.81. The predicted molar refractivity (Wildman–Crippen MR) is 78.5 cm³/mol. The molecule has 6 heteroatoms. The number of hydrogen-bond acceptors (Lipinski definition) is 3. The fourth-order valence-corrected chi connectivity index (χ4v) is 2.51. The van der Waals surface area contributed by atoms with Gasteiger partial charge in [-0.1, -0.05) is 26.7 Å². The normalized spacial score (nSPS) is 13.3. The molecule has 0 aromatic heterocycles. The first-order chi connectivity index (χ1) is 8.87. The Bertz CT molecular complexity index is 347. The Morgan fingerprint density at radius 1 is 1.11 bits per heavy atom. The second-order valence-electron chi connectivity index (χ2n) is 4.78. The van der Waals surface area contributed by atoms with Crippen LogP contribution < -0.4 is 4.72 Å². The molecule has 0 fully saturated rings.